The van der Waals surface area contributed by atoms with E-state index in [0.29, 0.717) is 18.4 Å². The van der Waals surface area contributed by atoms with E-state index in [1.54, 1.807) is 18.2 Å². The molecule has 0 bridgehead atoms. The zero-order valence-electron chi connectivity index (χ0n) is 10.2. The van der Waals surface area contributed by atoms with Crippen molar-refractivity contribution in [1.29, 1.82) is 0 Å². The lowest BCUT2D eigenvalue weighted by molar-refractivity contribution is -0.137. The highest BCUT2D eigenvalue weighted by atomic mass is 19.1. The number of aliphatic carboxylic acids is 1. The Morgan fingerprint density at radius 2 is 2.06 bits per heavy atom. The van der Waals surface area contributed by atoms with E-state index >= 15 is 0 Å². The number of halogens is 1. The Kier molecular flexibility index (Phi) is 5.10. The third-order valence-electron chi connectivity index (χ3n) is 2.76. The Morgan fingerprint density at radius 1 is 1.41 bits per heavy atom. The molecule has 1 atom stereocenters. The zero-order valence-corrected chi connectivity index (χ0v) is 10.2. The third kappa shape index (κ3) is 4.15. The second kappa shape index (κ2) is 6.35. The summed E-state index contributed by atoms with van der Waals surface area (Å²) in [7, 11) is 3.75. The maximum atomic E-state index is 13.6. The zero-order chi connectivity index (χ0) is 12.8. The number of carbonyl (C=O) groups is 1. The van der Waals surface area contributed by atoms with Crippen LogP contribution in [0.15, 0.2) is 24.3 Å². The van der Waals surface area contributed by atoms with Crippen LogP contribution < -0.4 is 0 Å². The van der Waals surface area contributed by atoms with Crippen molar-refractivity contribution in [3.8, 4) is 0 Å². The number of benzene rings is 1. The fraction of sp³-hybridized carbons (Fsp3) is 0.462. The molecule has 0 aromatic heterocycles. The number of nitrogens with zero attached hydrogens (tertiary/aromatic N) is 1. The van der Waals surface area contributed by atoms with Crippen molar-refractivity contribution in [3.05, 3.63) is 35.6 Å². The van der Waals surface area contributed by atoms with Gasteiger partial charge in [-0.15, -0.1) is 0 Å². The normalized spacial score (nSPS) is 12.7. The maximum Gasteiger partial charge on any atom is 0.303 e. The van der Waals surface area contributed by atoms with E-state index in [-0.39, 0.29) is 18.3 Å². The standard InChI is InChI=1S/C13H18FNO2/c1-15(2)12(8-5-9-13(16)17)10-6-3-4-7-11(10)14/h3-4,6-7,12H,5,8-9H2,1-2H3,(H,16,17). The van der Waals surface area contributed by atoms with Gasteiger partial charge in [-0.1, -0.05) is 18.2 Å². The van der Waals surface area contributed by atoms with Gasteiger partial charge >= 0.3 is 5.97 Å². The third-order valence-corrected chi connectivity index (χ3v) is 2.76. The minimum absolute atomic E-state index is 0.0736. The molecule has 0 saturated heterocycles. The molecule has 0 aliphatic carbocycles. The van der Waals surface area contributed by atoms with Crippen molar-refractivity contribution in [2.24, 2.45) is 0 Å². The monoisotopic (exact) mass is 239 g/mol. The highest BCUT2D eigenvalue weighted by Gasteiger charge is 2.17. The lowest BCUT2D eigenvalue weighted by atomic mass is 9.99. The maximum absolute atomic E-state index is 13.6. The van der Waals surface area contributed by atoms with E-state index in [0.717, 1.165) is 0 Å². The minimum atomic E-state index is -0.809. The molecular formula is C13H18FNO2. The van der Waals surface area contributed by atoms with Gasteiger partial charge in [0.2, 0.25) is 0 Å². The molecule has 0 fully saturated rings. The largest absolute Gasteiger partial charge is 0.481 e. The smallest absolute Gasteiger partial charge is 0.303 e. The van der Waals surface area contributed by atoms with Crippen LogP contribution in [0.3, 0.4) is 0 Å². The Balaban J connectivity index is 2.73. The van der Waals surface area contributed by atoms with E-state index < -0.39 is 5.97 Å². The van der Waals surface area contributed by atoms with E-state index in [4.69, 9.17) is 5.11 Å². The van der Waals surface area contributed by atoms with Crippen LogP contribution in [-0.2, 0) is 4.79 Å². The van der Waals surface area contributed by atoms with Crippen molar-refractivity contribution in [1.82, 2.24) is 4.90 Å². The average molecular weight is 239 g/mol. The molecule has 0 aliphatic rings. The molecule has 4 heteroatoms. The van der Waals surface area contributed by atoms with Gasteiger partial charge in [-0.25, -0.2) is 4.39 Å². The number of hydrogen-bond donors (Lipinski definition) is 1. The van der Waals surface area contributed by atoms with Gasteiger partial charge in [0, 0.05) is 18.0 Å². The predicted molar refractivity (Wildman–Crippen MR) is 64.3 cm³/mol. The molecule has 3 nitrogen and oxygen atoms in total. The molecule has 0 spiro atoms. The Bertz CT molecular complexity index is 379. The summed E-state index contributed by atoms with van der Waals surface area (Å²) in [5.41, 5.74) is 0.628. The summed E-state index contributed by atoms with van der Waals surface area (Å²) in [5, 5.41) is 8.60. The summed E-state index contributed by atoms with van der Waals surface area (Å²) >= 11 is 0. The Hall–Kier alpha value is -1.42. The number of carboxylic acid groups (broad SMARTS) is 1. The summed E-state index contributed by atoms with van der Waals surface area (Å²) in [6, 6.07) is 6.56. The molecule has 0 aliphatic heterocycles. The molecule has 0 saturated carbocycles. The van der Waals surface area contributed by atoms with Gasteiger partial charge < -0.3 is 10.0 Å². The summed E-state index contributed by atoms with van der Waals surface area (Å²) in [5.74, 6) is -1.04. The van der Waals surface area contributed by atoms with Crippen LogP contribution >= 0.6 is 0 Å². The summed E-state index contributed by atoms with van der Waals surface area (Å²) in [6.07, 6.45) is 1.31. The first-order chi connectivity index (χ1) is 8.02. The minimum Gasteiger partial charge on any atom is -0.481 e. The van der Waals surface area contributed by atoms with Gasteiger partial charge in [-0.3, -0.25) is 4.79 Å². The average Bonchev–Trinajstić information content (AvgIpc) is 2.25. The first kappa shape index (κ1) is 13.6. The van der Waals surface area contributed by atoms with Crippen LogP contribution in [-0.4, -0.2) is 30.1 Å². The van der Waals surface area contributed by atoms with Gasteiger partial charge in [-0.2, -0.15) is 0 Å². The number of carboxylic acids is 1. The summed E-state index contributed by atoms with van der Waals surface area (Å²) < 4.78 is 13.6. The number of hydrogen-bond acceptors (Lipinski definition) is 2. The first-order valence-corrected chi connectivity index (χ1v) is 5.65. The second-order valence-electron chi connectivity index (χ2n) is 4.29. The predicted octanol–water partition coefficient (Wildman–Crippen LogP) is 2.68. The second-order valence-corrected chi connectivity index (χ2v) is 4.29. The molecule has 17 heavy (non-hydrogen) atoms. The van der Waals surface area contributed by atoms with Crippen LogP contribution in [0, 0.1) is 5.82 Å². The van der Waals surface area contributed by atoms with Gasteiger partial charge in [0.1, 0.15) is 5.82 Å². The molecule has 94 valence electrons. The van der Waals surface area contributed by atoms with E-state index in [2.05, 4.69) is 0 Å². The van der Waals surface area contributed by atoms with E-state index in [1.165, 1.54) is 6.07 Å². The molecule has 1 N–H and O–H groups in total. The first-order valence-electron chi connectivity index (χ1n) is 5.65. The molecule has 1 aromatic rings. The van der Waals surface area contributed by atoms with Gasteiger partial charge in [0.15, 0.2) is 0 Å². The molecule has 1 unspecified atom stereocenters. The highest BCUT2D eigenvalue weighted by molar-refractivity contribution is 5.66. The fourth-order valence-electron chi connectivity index (χ4n) is 1.88. The Morgan fingerprint density at radius 3 is 2.59 bits per heavy atom. The molecule has 0 heterocycles. The van der Waals surface area contributed by atoms with E-state index in [1.807, 2.05) is 19.0 Å². The molecule has 0 radical (unpaired) electrons. The summed E-state index contributed by atoms with van der Waals surface area (Å²) in [6.45, 7) is 0. The fourth-order valence-corrected chi connectivity index (χ4v) is 1.88. The van der Waals surface area contributed by atoms with Gasteiger partial charge in [0.25, 0.3) is 0 Å². The lowest BCUT2D eigenvalue weighted by Crippen LogP contribution is -2.21. The van der Waals surface area contributed by atoms with Crippen molar-refractivity contribution in [2.75, 3.05) is 14.1 Å². The van der Waals surface area contributed by atoms with Gasteiger partial charge in [-0.05, 0) is 33.0 Å². The van der Waals surface area contributed by atoms with E-state index in [9.17, 15) is 9.18 Å². The van der Waals surface area contributed by atoms with Crippen LogP contribution in [0.5, 0.6) is 0 Å². The molecule has 1 rings (SSSR count). The van der Waals surface area contributed by atoms with Crippen LogP contribution in [0.1, 0.15) is 30.9 Å². The van der Waals surface area contributed by atoms with Crippen LogP contribution in [0.4, 0.5) is 4.39 Å². The van der Waals surface area contributed by atoms with Crippen molar-refractivity contribution >= 4 is 5.97 Å². The number of rotatable bonds is 6. The van der Waals surface area contributed by atoms with Crippen molar-refractivity contribution in [3.63, 3.8) is 0 Å². The van der Waals surface area contributed by atoms with Crippen molar-refractivity contribution in [2.45, 2.75) is 25.3 Å². The van der Waals surface area contributed by atoms with Crippen molar-refractivity contribution < 1.29 is 14.3 Å². The lowest BCUT2D eigenvalue weighted by Gasteiger charge is -2.25. The SMILES string of the molecule is CN(C)C(CCCC(=O)O)c1ccccc1F. The summed E-state index contributed by atoms with van der Waals surface area (Å²) in [4.78, 5) is 12.4. The Labute approximate surface area is 101 Å². The molecular weight excluding hydrogens is 221 g/mol. The van der Waals surface area contributed by atoms with Gasteiger partial charge in [0.05, 0.1) is 0 Å². The molecule has 1 aromatic carbocycles. The molecule has 0 amide bonds. The quantitative estimate of drug-likeness (QED) is 0.829. The van der Waals surface area contributed by atoms with Crippen LogP contribution in [0.25, 0.3) is 0 Å². The van der Waals surface area contributed by atoms with Crippen LogP contribution in [0.2, 0.25) is 0 Å². The topological polar surface area (TPSA) is 40.5 Å². The highest BCUT2D eigenvalue weighted by Crippen LogP contribution is 2.26.